The predicted molar refractivity (Wildman–Crippen MR) is 194 cm³/mol. The fraction of sp³-hybridized carbons (Fsp3) is 0.333. The average Bonchev–Trinajstić information content (AvgIpc) is 3.13. The van der Waals surface area contributed by atoms with Crippen LogP contribution in [0.15, 0.2) is 115 Å². The van der Waals surface area contributed by atoms with Gasteiger partial charge in [-0.05, 0) is 65.3 Å². The van der Waals surface area contributed by atoms with Gasteiger partial charge in [0.05, 0.1) is 13.0 Å². The molecule has 0 spiro atoms. The summed E-state index contributed by atoms with van der Waals surface area (Å²) in [6, 6.07) is 36.6. The summed E-state index contributed by atoms with van der Waals surface area (Å²) < 4.78 is 5.48. The first kappa shape index (κ1) is 34.6. The second-order valence-electron chi connectivity index (χ2n) is 12.7. The lowest BCUT2D eigenvalue weighted by atomic mass is 9.88. The van der Waals surface area contributed by atoms with Crippen molar-refractivity contribution in [2.45, 2.75) is 52.1 Å². The number of hydrogen-bond donors (Lipinski definition) is 1. The number of unbranched alkanes of at least 4 members (excludes halogenated alkanes) is 2. The van der Waals surface area contributed by atoms with Crippen LogP contribution in [-0.2, 0) is 35.5 Å². The van der Waals surface area contributed by atoms with Crippen molar-refractivity contribution in [2.75, 3.05) is 33.3 Å². The quantitative estimate of drug-likeness (QED) is 0.109. The van der Waals surface area contributed by atoms with Gasteiger partial charge in [-0.15, -0.1) is 0 Å². The number of nitrogens with zero attached hydrogens (tertiary/aromatic N) is 2. The number of methoxy groups -OCH3 is 1. The topological polar surface area (TPSA) is 61.9 Å². The van der Waals surface area contributed by atoms with Crippen LogP contribution in [0.2, 0.25) is 0 Å². The summed E-state index contributed by atoms with van der Waals surface area (Å²) in [5.74, 6) is -0.205. The summed E-state index contributed by atoms with van der Waals surface area (Å²) in [4.78, 5) is 33.0. The number of benzene rings is 4. The molecule has 1 heterocycles. The lowest BCUT2D eigenvalue weighted by Crippen LogP contribution is -2.51. The predicted octanol–water partition coefficient (Wildman–Crippen LogP) is 7.33. The average molecular weight is 644 g/mol. The molecule has 48 heavy (non-hydrogen) atoms. The molecule has 2 amide bonds. The SMILES string of the molecule is CCCCCc1ccc(CNC(=O)C(=Cc2cccc(OC)c2)[C@H](Cc2ccccc2)C(=O)N2CCN(Cc3ccccc3)CC2)cc1. The number of amides is 2. The van der Waals surface area contributed by atoms with Gasteiger partial charge in [-0.2, -0.15) is 0 Å². The number of hydrogen-bond acceptors (Lipinski definition) is 4. The van der Waals surface area contributed by atoms with E-state index < -0.39 is 5.92 Å². The summed E-state index contributed by atoms with van der Waals surface area (Å²) >= 11 is 0. The fourth-order valence-corrected chi connectivity index (χ4v) is 6.29. The van der Waals surface area contributed by atoms with E-state index in [1.54, 1.807) is 7.11 Å². The van der Waals surface area contributed by atoms with Crippen molar-refractivity contribution in [3.8, 4) is 5.75 Å². The number of rotatable bonds is 15. The van der Waals surface area contributed by atoms with Crippen molar-refractivity contribution >= 4 is 17.9 Å². The molecule has 6 nitrogen and oxygen atoms in total. The minimum absolute atomic E-state index is 0.0149. The summed E-state index contributed by atoms with van der Waals surface area (Å²) in [6.07, 6.45) is 6.98. The molecule has 1 N–H and O–H groups in total. The van der Waals surface area contributed by atoms with Crippen LogP contribution in [0.4, 0.5) is 0 Å². The highest BCUT2D eigenvalue weighted by molar-refractivity contribution is 6.04. The normalized spacial score (nSPS) is 14.4. The van der Waals surface area contributed by atoms with Gasteiger partial charge in [0.25, 0.3) is 0 Å². The van der Waals surface area contributed by atoms with Crippen molar-refractivity contribution < 1.29 is 14.3 Å². The Kier molecular flexibility index (Phi) is 13.0. The molecule has 0 bridgehead atoms. The van der Waals surface area contributed by atoms with Gasteiger partial charge in [-0.25, -0.2) is 0 Å². The molecule has 1 aliphatic heterocycles. The highest BCUT2D eigenvalue weighted by Gasteiger charge is 2.33. The van der Waals surface area contributed by atoms with Crippen molar-refractivity contribution in [3.05, 3.63) is 143 Å². The Morgan fingerprint density at radius 3 is 2.10 bits per heavy atom. The highest BCUT2D eigenvalue weighted by atomic mass is 16.5. The fourth-order valence-electron chi connectivity index (χ4n) is 6.29. The van der Waals surface area contributed by atoms with Crippen LogP contribution < -0.4 is 10.1 Å². The maximum absolute atomic E-state index is 14.5. The number of carbonyl (C=O) groups is 2. The van der Waals surface area contributed by atoms with Gasteiger partial charge in [0.15, 0.2) is 0 Å². The van der Waals surface area contributed by atoms with Crippen LogP contribution in [0, 0.1) is 5.92 Å². The molecule has 0 unspecified atom stereocenters. The Balaban J connectivity index is 1.38. The van der Waals surface area contributed by atoms with Crippen LogP contribution in [0.3, 0.4) is 0 Å². The Morgan fingerprint density at radius 1 is 0.771 bits per heavy atom. The molecular formula is C42H49N3O3. The third-order valence-electron chi connectivity index (χ3n) is 9.11. The first-order valence-corrected chi connectivity index (χ1v) is 17.3. The molecule has 1 atom stereocenters. The van der Waals surface area contributed by atoms with Crippen molar-refractivity contribution in [1.29, 1.82) is 0 Å². The molecule has 5 rings (SSSR count). The number of piperazine rings is 1. The summed E-state index contributed by atoms with van der Waals surface area (Å²) in [5, 5.41) is 3.16. The van der Waals surface area contributed by atoms with E-state index >= 15 is 0 Å². The second kappa shape index (κ2) is 18.0. The Bertz CT molecular complexity index is 1610. The van der Waals surface area contributed by atoms with Gasteiger partial charge < -0.3 is 15.0 Å². The third kappa shape index (κ3) is 10.2. The zero-order valence-electron chi connectivity index (χ0n) is 28.4. The smallest absolute Gasteiger partial charge is 0.248 e. The largest absolute Gasteiger partial charge is 0.497 e. The summed E-state index contributed by atoms with van der Waals surface area (Å²) in [5.41, 5.74) is 5.90. The zero-order chi connectivity index (χ0) is 33.6. The number of ether oxygens (including phenoxy) is 1. The molecular weight excluding hydrogens is 594 g/mol. The monoisotopic (exact) mass is 643 g/mol. The van der Waals surface area contributed by atoms with Gasteiger partial charge in [-0.3, -0.25) is 14.5 Å². The molecule has 1 saturated heterocycles. The number of nitrogens with one attached hydrogen (secondary N) is 1. The van der Waals surface area contributed by atoms with E-state index in [0.29, 0.717) is 37.4 Å². The Hall–Kier alpha value is -4.68. The van der Waals surface area contributed by atoms with E-state index in [4.69, 9.17) is 4.74 Å². The maximum atomic E-state index is 14.5. The first-order valence-electron chi connectivity index (χ1n) is 17.3. The molecule has 4 aromatic rings. The van der Waals surface area contributed by atoms with E-state index in [0.717, 1.165) is 42.7 Å². The molecule has 1 aliphatic rings. The number of carbonyl (C=O) groups excluding carboxylic acids is 2. The molecule has 0 saturated carbocycles. The minimum atomic E-state index is -0.653. The van der Waals surface area contributed by atoms with E-state index in [-0.39, 0.29) is 11.8 Å². The first-order chi connectivity index (χ1) is 23.5. The standard InChI is InChI=1S/C42H49N3O3/c1-3-4-7-13-33-20-22-35(23-21-33)31-43-41(46)39(30-37-18-12-19-38(28-37)48-2)40(29-34-14-8-5-9-15-34)42(47)45-26-24-44(25-27-45)32-36-16-10-6-11-17-36/h5-6,8-12,14-23,28,30,40H,3-4,7,13,24-27,29,31-32H2,1-2H3,(H,43,46)/t40-/m0/s1. The lowest BCUT2D eigenvalue weighted by molar-refractivity contribution is -0.137. The van der Waals surface area contributed by atoms with Crippen LogP contribution in [0.5, 0.6) is 5.75 Å². The van der Waals surface area contributed by atoms with Gasteiger partial charge in [0.1, 0.15) is 5.75 Å². The summed E-state index contributed by atoms with van der Waals surface area (Å²) in [7, 11) is 1.63. The number of aryl methyl sites for hydroxylation is 1. The molecule has 6 heteroatoms. The molecule has 0 aromatic heterocycles. The Morgan fingerprint density at radius 2 is 1.44 bits per heavy atom. The van der Waals surface area contributed by atoms with Gasteiger partial charge >= 0.3 is 0 Å². The van der Waals surface area contributed by atoms with Crippen molar-refractivity contribution in [3.63, 3.8) is 0 Å². The van der Waals surface area contributed by atoms with Crippen LogP contribution in [-0.4, -0.2) is 54.9 Å². The molecule has 1 fully saturated rings. The highest BCUT2D eigenvalue weighted by Crippen LogP contribution is 2.26. The van der Waals surface area contributed by atoms with Gasteiger partial charge in [0, 0.05) is 44.8 Å². The lowest BCUT2D eigenvalue weighted by Gasteiger charge is -2.37. The van der Waals surface area contributed by atoms with Gasteiger partial charge in [0.2, 0.25) is 11.8 Å². The Labute approximate surface area is 286 Å². The van der Waals surface area contributed by atoms with Gasteiger partial charge in [-0.1, -0.05) is 117 Å². The molecule has 250 valence electrons. The van der Waals surface area contributed by atoms with Crippen LogP contribution in [0.25, 0.3) is 6.08 Å². The molecule has 4 aromatic carbocycles. The van der Waals surface area contributed by atoms with E-state index in [1.165, 1.54) is 30.4 Å². The van der Waals surface area contributed by atoms with E-state index in [9.17, 15) is 9.59 Å². The third-order valence-corrected chi connectivity index (χ3v) is 9.11. The van der Waals surface area contributed by atoms with Crippen LogP contribution >= 0.6 is 0 Å². The minimum Gasteiger partial charge on any atom is -0.497 e. The van der Waals surface area contributed by atoms with Crippen molar-refractivity contribution in [2.24, 2.45) is 5.92 Å². The van der Waals surface area contributed by atoms with Crippen LogP contribution in [0.1, 0.15) is 54.0 Å². The molecule has 0 aliphatic carbocycles. The zero-order valence-corrected chi connectivity index (χ0v) is 28.4. The van der Waals surface area contributed by atoms with E-state index in [1.807, 2.05) is 71.6 Å². The second-order valence-corrected chi connectivity index (χ2v) is 12.7. The molecule has 0 radical (unpaired) electrons. The summed E-state index contributed by atoms with van der Waals surface area (Å²) in [6.45, 7) is 6.27. The van der Waals surface area contributed by atoms with Crippen molar-refractivity contribution in [1.82, 2.24) is 15.1 Å². The maximum Gasteiger partial charge on any atom is 0.248 e. The van der Waals surface area contributed by atoms with E-state index in [2.05, 4.69) is 65.7 Å².